The van der Waals surface area contributed by atoms with Gasteiger partial charge in [0.15, 0.2) is 0 Å². The second kappa shape index (κ2) is 5.43. The molecule has 0 saturated carbocycles. The predicted octanol–water partition coefficient (Wildman–Crippen LogP) is 2.27. The summed E-state index contributed by atoms with van der Waals surface area (Å²) < 4.78 is 0. The van der Waals surface area contributed by atoms with Crippen molar-refractivity contribution in [1.29, 1.82) is 0 Å². The minimum absolute atomic E-state index is 1.21. The lowest BCUT2D eigenvalue weighted by Crippen LogP contribution is -2.17. The first-order chi connectivity index (χ1) is 6.88. The molecule has 0 bridgehead atoms. The van der Waals surface area contributed by atoms with E-state index in [0.29, 0.717) is 0 Å². The molecule has 0 aliphatic carbocycles. The third-order valence-corrected chi connectivity index (χ3v) is 2.59. The van der Waals surface area contributed by atoms with E-state index in [1.165, 1.54) is 37.1 Å². The number of rotatable bonds is 0. The normalized spacial score (nSPS) is 14.8. The smallest absolute Gasteiger partial charge is 0.106 e. The van der Waals surface area contributed by atoms with Crippen molar-refractivity contribution in [1.82, 2.24) is 0 Å². The molecule has 14 heavy (non-hydrogen) atoms. The van der Waals surface area contributed by atoms with Crippen LogP contribution in [0.5, 0.6) is 0 Å². The molecule has 0 spiro atoms. The number of carbonyl (C=O) groups excluding carboxylic acids is 1. The lowest BCUT2D eigenvalue weighted by atomic mass is 10.1. The monoisotopic (exact) mass is 191 g/mol. The van der Waals surface area contributed by atoms with Crippen LogP contribution in [0.4, 0.5) is 5.69 Å². The third-order valence-electron chi connectivity index (χ3n) is 2.59. The van der Waals surface area contributed by atoms with Crippen molar-refractivity contribution in [3.8, 4) is 0 Å². The fourth-order valence-corrected chi connectivity index (χ4v) is 1.88. The number of aryl methyl sites for hydroxylation is 1. The molecule has 1 aromatic rings. The number of carbonyl (C=O) groups is 1. The molecule has 76 valence electrons. The first-order valence-electron chi connectivity index (χ1n) is 4.96. The van der Waals surface area contributed by atoms with Crippen LogP contribution in [-0.2, 0) is 11.2 Å². The fraction of sp³-hybridized carbons (Fsp3) is 0.417. The van der Waals surface area contributed by atoms with E-state index >= 15 is 0 Å². The van der Waals surface area contributed by atoms with E-state index in [1.807, 2.05) is 6.79 Å². The number of anilines is 1. The van der Waals surface area contributed by atoms with Gasteiger partial charge in [0, 0.05) is 19.3 Å². The van der Waals surface area contributed by atoms with E-state index in [0.717, 1.165) is 0 Å². The Bertz CT molecular complexity index is 285. The largest absolute Gasteiger partial charge is 0.374 e. The molecular weight excluding hydrogens is 174 g/mol. The molecule has 1 aliphatic rings. The van der Waals surface area contributed by atoms with Crippen LogP contribution in [0.2, 0.25) is 0 Å². The molecule has 0 fully saturated rings. The molecule has 0 radical (unpaired) electrons. The summed E-state index contributed by atoms with van der Waals surface area (Å²) in [6, 6.07) is 8.73. The molecule has 0 saturated heterocycles. The van der Waals surface area contributed by atoms with Crippen LogP contribution in [-0.4, -0.2) is 20.4 Å². The summed E-state index contributed by atoms with van der Waals surface area (Å²) in [6.07, 6.45) is 3.91. The maximum absolute atomic E-state index is 8.00. The molecular formula is C12H17NO. The zero-order valence-electron chi connectivity index (χ0n) is 8.70. The lowest BCUT2D eigenvalue weighted by molar-refractivity contribution is -0.0979. The summed E-state index contributed by atoms with van der Waals surface area (Å²) in [7, 11) is 2.18. The molecule has 2 heteroatoms. The fourth-order valence-electron chi connectivity index (χ4n) is 1.88. The van der Waals surface area contributed by atoms with Crippen LogP contribution in [0.25, 0.3) is 0 Å². The standard InChI is InChI=1S/C11H15N.CH2O/c1-12-9-5-4-7-10-6-2-3-8-11(10)12;1-2/h2-3,6,8H,4-5,7,9H2,1H3;1H2. The van der Waals surface area contributed by atoms with Crippen LogP contribution >= 0.6 is 0 Å². The van der Waals surface area contributed by atoms with E-state index < -0.39 is 0 Å². The van der Waals surface area contributed by atoms with Gasteiger partial charge in [-0.25, -0.2) is 0 Å². The van der Waals surface area contributed by atoms with Gasteiger partial charge in [-0.2, -0.15) is 0 Å². The van der Waals surface area contributed by atoms with Crippen LogP contribution in [0.1, 0.15) is 18.4 Å². The number of fused-ring (bicyclic) bond motifs is 1. The van der Waals surface area contributed by atoms with Gasteiger partial charge in [-0.05, 0) is 30.9 Å². The molecule has 0 N–H and O–H groups in total. The quantitative estimate of drug-likeness (QED) is 0.627. The molecule has 0 unspecified atom stereocenters. The lowest BCUT2D eigenvalue weighted by Gasteiger charge is -2.18. The number of nitrogens with zero attached hydrogens (tertiary/aromatic N) is 1. The van der Waals surface area contributed by atoms with E-state index in [1.54, 1.807) is 0 Å². The Kier molecular flexibility index (Phi) is 4.17. The van der Waals surface area contributed by atoms with Crippen molar-refractivity contribution in [2.45, 2.75) is 19.3 Å². The Morgan fingerprint density at radius 3 is 2.71 bits per heavy atom. The van der Waals surface area contributed by atoms with Gasteiger partial charge < -0.3 is 9.69 Å². The molecule has 0 atom stereocenters. The topological polar surface area (TPSA) is 20.3 Å². The Balaban J connectivity index is 0.000000461. The van der Waals surface area contributed by atoms with Gasteiger partial charge in [-0.1, -0.05) is 18.2 Å². The number of para-hydroxylation sites is 1. The van der Waals surface area contributed by atoms with Crippen molar-refractivity contribution in [3.05, 3.63) is 29.8 Å². The summed E-state index contributed by atoms with van der Waals surface area (Å²) in [5, 5.41) is 0. The number of benzene rings is 1. The van der Waals surface area contributed by atoms with Crippen LogP contribution in [0.15, 0.2) is 24.3 Å². The predicted molar refractivity (Wildman–Crippen MR) is 59.8 cm³/mol. The Labute approximate surface area is 85.5 Å². The van der Waals surface area contributed by atoms with Crippen LogP contribution in [0, 0.1) is 0 Å². The van der Waals surface area contributed by atoms with Gasteiger partial charge in [0.05, 0.1) is 0 Å². The van der Waals surface area contributed by atoms with Crippen LogP contribution in [0.3, 0.4) is 0 Å². The molecule has 2 rings (SSSR count). The summed E-state index contributed by atoms with van der Waals surface area (Å²) in [4.78, 5) is 10.4. The van der Waals surface area contributed by atoms with Gasteiger partial charge in [0.2, 0.25) is 0 Å². The van der Waals surface area contributed by atoms with Crippen LogP contribution < -0.4 is 4.90 Å². The minimum Gasteiger partial charge on any atom is -0.374 e. The van der Waals surface area contributed by atoms with Crippen molar-refractivity contribution in [2.24, 2.45) is 0 Å². The minimum atomic E-state index is 1.21. The van der Waals surface area contributed by atoms with Crippen molar-refractivity contribution >= 4 is 12.5 Å². The zero-order chi connectivity index (χ0) is 10.4. The first-order valence-corrected chi connectivity index (χ1v) is 4.96. The van der Waals surface area contributed by atoms with Gasteiger partial charge >= 0.3 is 0 Å². The Morgan fingerprint density at radius 2 is 1.93 bits per heavy atom. The SMILES string of the molecule is C=O.CN1CCCCc2ccccc21. The summed E-state index contributed by atoms with van der Waals surface area (Å²) in [6.45, 7) is 3.21. The molecule has 0 amide bonds. The summed E-state index contributed by atoms with van der Waals surface area (Å²) in [5.41, 5.74) is 2.94. The first kappa shape index (κ1) is 10.8. The van der Waals surface area contributed by atoms with Gasteiger partial charge in [0.1, 0.15) is 6.79 Å². The van der Waals surface area contributed by atoms with Gasteiger partial charge in [-0.15, -0.1) is 0 Å². The highest BCUT2D eigenvalue weighted by Gasteiger charge is 2.09. The average molecular weight is 191 g/mol. The highest BCUT2D eigenvalue weighted by atomic mass is 16.1. The maximum Gasteiger partial charge on any atom is 0.106 e. The van der Waals surface area contributed by atoms with E-state index in [4.69, 9.17) is 4.79 Å². The van der Waals surface area contributed by atoms with Crippen molar-refractivity contribution < 1.29 is 4.79 Å². The molecule has 0 aromatic heterocycles. The van der Waals surface area contributed by atoms with E-state index in [9.17, 15) is 0 Å². The summed E-state index contributed by atoms with van der Waals surface area (Å²) in [5.74, 6) is 0. The summed E-state index contributed by atoms with van der Waals surface area (Å²) >= 11 is 0. The van der Waals surface area contributed by atoms with E-state index in [-0.39, 0.29) is 0 Å². The highest BCUT2D eigenvalue weighted by Crippen LogP contribution is 2.24. The number of hydrogen-bond donors (Lipinski definition) is 0. The van der Waals surface area contributed by atoms with Crippen molar-refractivity contribution in [2.75, 3.05) is 18.5 Å². The number of hydrogen-bond acceptors (Lipinski definition) is 2. The second-order valence-electron chi connectivity index (χ2n) is 3.51. The van der Waals surface area contributed by atoms with Gasteiger partial charge in [-0.3, -0.25) is 0 Å². The Morgan fingerprint density at radius 1 is 1.21 bits per heavy atom. The third kappa shape index (κ3) is 2.34. The molecule has 2 nitrogen and oxygen atoms in total. The highest BCUT2D eigenvalue weighted by molar-refractivity contribution is 5.53. The van der Waals surface area contributed by atoms with E-state index in [2.05, 4.69) is 36.2 Å². The Hall–Kier alpha value is -1.31. The second-order valence-corrected chi connectivity index (χ2v) is 3.51. The molecule has 1 heterocycles. The average Bonchev–Trinajstić information content (AvgIpc) is 2.45. The van der Waals surface area contributed by atoms with Gasteiger partial charge in [0.25, 0.3) is 0 Å². The van der Waals surface area contributed by atoms with Crippen molar-refractivity contribution in [3.63, 3.8) is 0 Å². The molecule has 1 aromatic carbocycles. The maximum atomic E-state index is 8.00. The molecule has 1 aliphatic heterocycles. The zero-order valence-corrected chi connectivity index (χ0v) is 8.70.